The van der Waals surface area contributed by atoms with Crippen LogP contribution in [0.1, 0.15) is 32.3 Å². The van der Waals surface area contributed by atoms with Gasteiger partial charge in [0.05, 0.1) is 0 Å². The molecule has 0 aliphatic heterocycles. The summed E-state index contributed by atoms with van der Waals surface area (Å²) < 4.78 is 0. The molecule has 0 fully saturated rings. The summed E-state index contributed by atoms with van der Waals surface area (Å²) in [5, 5.41) is 6.73. The maximum Gasteiger partial charge on any atom is 0.191 e. The molecular formula is C17H30N4. The first kappa shape index (κ1) is 17.5. The molecule has 118 valence electrons. The molecule has 0 saturated carbocycles. The van der Waals surface area contributed by atoms with E-state index >= 15 is 0 Å². The fraction of sp³-hybridized carbons (Fsp3) is 0.588. The third-order valence-corrected chi connectivity index (χ3v) is 3.64. The number of nitrogens with one attached hydrogen (secondary N) is 2. The van der Waals surface area contributed by atoms with Gasteiger partial charge in [0.25, 0.3) is 0 Å². The molecule has 0 saturated heterocycles. The molecule has 1 aromatic carbocycles. The molecule has 0 bridgehead atoms. The SMILES string of the molecule is CCCCNC(=NC)NCC(C)N(C)Cc1ccccc1. The fourth-order valence-corrected chi connectivity index (χ4v) is 2.03. The fourth-order valence-electron chi connectivity index (χ4n) is 2.03. The molecule has 0 heterocycles. The Morgan fingerprint density at radius 3 is 2.57 bits per heavy atom. The molecule has 1 atom stereocenters. The first-order valence-electron chi connectivity index (χ1n) is 7.86. The molecule has 1 unspecified atom stereocenters. The lowest BCUT2D eigenvalue weighted by Crippen LogP contribution is -2.44. The highest BCUT2D eigenvalue weighted by Gasteiger charge is 2.10. The zero-order chi connectivity index (χ0) is 15.5. The molecule has 0 radical (unpaired) electrons. The molecule has 4 heteroatoms. The first-order chi connectivity index (χ1) is 10.2. The Bertz CT molecular complexity index is 403. The van der Waals surface area contributed by atoms with Crippen LogP contribution in [0.15, 0.2) is 35.3 Å². The first-order valence-corrected chi connectivity index (χ1v) is 7.86. The van der Waals surface area contributed by atoms with E-state index in [0.29, 0.717) is 6.04 Å². The van der Waals surface area contributed by atoms with Crippen LogP contribution in [0.25, 0.3) is 0 Å². The Balaban J connectivity index is 2.33. The summed E-state index contributed by atoms with van der Waals surface area (Å²) in [7, 11) is 3.98. The smallest absolute Gasteiger partial charge is 0.191 e. The number of nitrogens with zero attached hydrogens (tertiary/aromatic N) is 2. The van der Waals surface area contributed by atoms with E-state index in [1.165, 1.54) is 18.4 Å². The average molecular weight is 290 g/mol. The van der Waals surface area contributed by atoms with Crippen molar-refractivity contribution in [1.82, 2.24) is 15.5 Å². The number of aliphatic imine (C=N–C) groups is 1. The summed E-state index contributed by atoms with van der Waals surface area (Å²) in [5.41, 5.74) is 1.34. The Kier molecular flexibility index (Phi) is 8.51. The van der Waals surface area contributed by atoms with Gasteiger partial charge in [-0.25, -0.2) is 0 Å². The van der Waals surface area contributed by atoms with Gasteiger partial charge in [-0.2, -0.15) is 0 Å². The molecule has 1 aromatic rings. The van der Waals surface area contributed by atoms with Crippen LogP contribution in [0.3, 0.4) is 0 Å². The van der Waals surface area contributed by atoms with E-state index < -0.39 is 0 Å². The van der Waals surface area contributed by atoms with Crippen molar-refractivity contribution in [3.63, 3.8) is 0 Å². The van der Waals surface area contributed by atoms with Gasteiger partial charge < -0.3 is 10.6 Å². The minimum Gasteiger partial charge on any atom is -0.356 e. The van der Waals surface area contributed by atoms with Gasteiger partial charge in [-0.15, -0.1) is 0 Å². The Morgan fingerprint density at radius 1 is 1.24 bits per heavy atom. The number of guanidine groups is 1. The standard InChI is InChI=1S/C17H30N4/c1-5-6-12-19-17(18-3)20-13-15(2)21(4)14-16-10-8-7-9-11-16/h7-11,15H,5-6,12-14H2,1-4H3,(H2,18,19,20). The maximum absolute atomic E-state index is 4.25. The summed E-state index contributed by atoms with van der Waals surface area (Å²) in [6, 6.07) is 11.0. The number of rotatable bonds is 8. The van der Waals surface area contributed by atoms with Crippen LogP contribution in [-0.4, -0.2) is 44.1 Å². The predicted molar refractivity (Wildman–Crippen MR) is 91.6 cm³/mol. The van der Waals surface area contributed by atoms with Gasteiger partial charge in [0.2, 0.25) is 0 Å². The van der Waals surface area contributed by atoms with Gasteiger partial charge in [0.1, 0.15) is 0 Å². The highest BCUT2D eigenvalue weighted by atomic mass is 15.2. The zero-order valence-corrected chi connectivity index (χ0v) is 13.9. The van der Waals surface area contributed by atoms with E-state index in [2.05, 4.69) is 71.8 Å². The molecular weight excluding hydrogens is 260 g/mol. The number of unbranched alkanes of at least 4 members (excludes halogenated alkanes) is 1. The number of hydrogen-bond acceptors (Lipinski definition) is 2. The maximum atomic E-state index is 4.25. The van der Waals surface area contributed by atoms with Gasteiger partial charge in [-0.1, -0.05) is 43.7 Å². The van der Waals surface area contributed by atoms with Crippen molar-refractivity contribution in [2.24, 2.45) is 4.99 Å². The van der Waals surface area contributed by atoms with Crippen LogP contribution in [0.5, 0.6) is 0 Å². The molecule has 4 nitrogen and oxygen atoms in total. The number of likely N-dealkylation sites (N-methyl/N-ethyl adjacent to an activating group) is 1. The lowest BCUT2D eigenvalue weighted by molar-refractivity contribution is 0.249. The Labute approximate surface area is 129 Å². The van der Waals surface area contributed by atoms with Crippen LogP contribution in [0.4, 0.5) is 0 Å². The lowest BCUT2D eigenvalue weighted by Gasteiger charge is -2.25. The minimum absolute atomic E-state index is 0.440. The van der Waals surface area contributed by atoms with Crippen molar-refractivity contribution >= 4 is 5.96 Å². The van der Waals surface area contributed by atoms with Crippen molar-refractivity contribution in [2.45, 2.75) is 39.3 Å². The average Bonchev–Trinajstić information content (AvgIpc) is 2.51. The highest BCUT2D eigenvalue weighted by Crippen LogP contribution is 2.05. The molecule has 0 amide bonds. The topological polar surface area (TPSA) is 39.7 Å². The largest absolute Gasteiger partial charge is 0.356 e. The summed E-state index contributed by atoms with van der Waals surface area (Å²) in [6.45, 7) is 7.25. The second-order valence-corrected chi connectivity index (χ2v) is 5.48. The Hall–Kier alpha value is -1.55. The molecule has 2 N–H and O–H groups in total. The van der Waals surface area contributed by atoms with Gasteiger partial charge in [0.15, 0.2) is 5.96 Å². The van der Waals surface area contributed by atoms with Crippen LogP contribution < -0.4 is 10.6 Å². The van der Waals surface area contributed by atoms with Crippen LogP contribution >= 0.6 is 0 Å². The Morgan fingerprint density at radius 2 is 1.95 bits per heavy atom. The monoisotopic (exact) mass is 290 g/mol. The summed E-state index contributed by atoms with van der Waals surface area (Å²) in [6.07, 6.45) is 2.37. The molecule has 0 aliphatic rings. The van der Waals surface area contributed by atoms with Crippen LogP contribution in [0, 0.1) is 0 Å². The van der Waals surface area contributed by atoms with Crippen LogP contribution in [-0.2, 0) is 6.54 Å². The molecule has 0 aliphatic carbocycles. The molecule has 0 aromatic heterocycles. The van der Waals surface area contributed by atoms with Gasteiger partial charge in [0, 0.05) is 32.7 Å². The van der Waals surface area contributed by atoms with E-state index in [0.717, 1.165) is 25.6 Å². The van der Waals surface area contributed by atoms with E-state index in [9.17, 15) is 0 Å². The molecule has 0 spiro atoms. The van der Waals surface area contributed by atoms with Crippen molar-refractivity contribution < 1.29 is 0 Å². The van der Waals surface area contributed by atoms with Crippen molar-refractivity contribution in [3.8, 4) is 0 Å². The third kappa shape index (κ3) is 7.14. The predicted octanol–water partition coefficient (Wildman–Crippen LogP) is 2.47. The van der Waals surface area contributed by atoms with Crippen molar-refractivity contribution in [2.75, 3.05) is 27.2 Å². The van der Waals surface area contributed by atoms with Crippen molar-refractivity contribution in [1.29, 1.82) is 0 Å². The third-order valence-electron chi connectivity index (χ3n) is 3.64. The second-order valence-electron chi connectivity index (χ2n) is 5.48. The number of benzene rings is 1. The van der Waals surface area contributed by atoms with E-state index in [1.54, 1.807) is 0 Å². The van der Waals surface area contributed by atoms with E-state index in [4.69, 9.17) is 0 Å². The highest BCUT2D eigenvalue weighted by molar-refractivity contribution is 5.79. The quantitative estimate of drug-likeness (QED) is 0.439. The summed E-state index contributed by atoms with van der Waals surface area (Å²) in [5.74, 6) is 0.892. The summed E-state index contributed by atoms with van der Waals surface area (Å²) >= 11 is 0. The van der Waals surface area contributed by atoms with Gasteiger partial charge in [-0.05, 0) is 26.0 Å². The minimum atomic E-state index is 0.440. The second kappa shape index (κ2) is 10.2. The molecule has 21 heavy (non-hydrogen) atoms. The van der Waals surface area contributed by atoms with Gasteiger partial charge >= 0.3 is 0 Å². The van der Waals surface area contributed by atoms with Crippen molar-refractivity contribution in [3.05, 3.63) is 35.9 Å². The summed E-state index contributed by atoms with van der Waals surface area (Å²) in [4.78, 5) is 6.60. The van der Waals surface area contributed by atoms with Gasteiger partial charge in [-0.3, -0.25) is 9.89 Å². The van der Waals surface area contributed by atoms with E-state index in [1.807, 2.05) is 7.05 Å². The van der Waals surface area contributed by atoms with E-state index in [-0.39, 0.29) is 0 Å². The molecule has 1 rings (SSSR count). The van der Waals surface area contributed by atoms with Crippen LogP contribution in [0.2, 0.25) is 0 Å². The lowest BCUT2D eigenvalue weighted by atomic mass is 10.2. The zero-order valence-electron chi connectivity index (χ0n) is 13.9. The number of hydrogen-bond donors (Lipinski definition) is 2. The normalized spacial score (nSPS) is 13.3.